The van der Waals surface area contributed by atoms with E-state index in [4.69, 9.17) is 27.3 Å². The van der Waals surface area contributed by atoms with E-state index in [1.165, 1.54) is 0 Å². The first-order valence-electron chi connectivity index (χ1n) is 6.52. The number of halogens is 1. The zero-order chi connectivity index (χ0) is 15.9. The normalized spacial score (nSPS) is 9.82. The van der Waals surface area contributed by atoms with E-state index in [2.05, 4.69) is 11.4 Å². The molecule has 0 spiro atoms. The molecule has 0 saturated carbocycles. The van der Waals surface area contributed by atoms with E-state index >= 15 is 0 Å². The molecule has 2 rings (SSSR count). The number of benzene rings is 2. The van der Waals surface area contributed by atoms with Crippen LogP contribution in [-0.2, 0) is 11.3 Å². The Bertz CT molecular complexity index is 726. The number of carbonyl (C=O) groups is 1. The third kappa shape index (κ3) is 4.40. The molecular weight excluding hydrogens is 302 g/mol. The summed E-state index contributed by atoms with van der Waals surface area (Å²) in [4.78, 5) is 10.7. The van der Waals surface area contributed by atoms with Crippen molar-refractivity contribution in [3.8, 4) is 11.8 Å². The van der Waals surface area contributed by atoms with Crippen LogP contribution in [0, 0.1) is 11.3 Å². The molecule has 3 N–H and O–H groups in total. The van der Waals surface area contributed by atoms with E-state index in [-0.39, 0.29) is 6.61 Å². The molecule has 5 nitrogen and oxygen atoms in total. The lowest BCUT2D eigenvalue weighted by atomic mass is 10.1. The highest BCUT2D eigenvalue weighted by Crippen LogP contribution is 2.21. The molecule has 0 saturated heterocycles. The van der Waals surface area contributed by atoms with Gasteiger partial charge in [-0.2, -0.15) is 5.26 Å². The summed E-state index contributed by atoms with van der Waals surface area (Å²) >= 11 is 5.94. The average Bonchev–Trinajstić information content (AvgIpc) is 2.51. The monoisotopic (exact) mass is 315 g/mol. The molecular formula is C16H14ClN3O2. The van der Waals surface area contributed by atoms with Crippen LogP contribution in [0.4, 0.5) is 5.69 Å². The van der Waals surface area contributed by atoms with Gasteiger partial charge in [-0.05, 0) is 35.9 Å². The van der Waals surface area contributed by atoms with Gasteiger partial charge in [0.1, 0.15) is 11.8 Å². The zero-order valence-corrected chi connectivity index (χ0v) is 12.4. The fraction of sp³-hybridized carbons (Fsp3) is 0.125. The van der Waals surface area contributed by atoms with Crippen molar-refractivity contribution in [1.82, 2.24) is 0 Å². The third-order valence-electron chi connectivity index (χ3n) is 2.86. The molecule has 1 amide bonds. The molecule has 0 aromatic heterocycles. The van der Waals surface area contributed by atoms with Crippen molar-refractivity contribution in [2.24, 2.45) is 5.73 Å². The highest BCUT2D eigenvalue weighted by molar-refractivity contribution is 6.30. The van der Waals surface area contributed by atoms with Crippen LogP contribution in [0.3, 0.4) is 0 Å². The number of nitrogens with zero attached hydrogens (tertiary/aromatic N) is 1. The molecule has 0 aliphatic heterocycles. The minimum absolute atomic E-state index is 0.163. The molecule has 0 heterocycles. The quantitative estimate of drug-likeness (QED) is 0.857. The molecule has 2 aromatic carbocycles. The van der Waals surface area contributed by atoms with E-state index in [1.54, 1.807) is 30.3 Å². The second kappa shape index (κ2) is 7.34. The summed E-state index contributed by atoms with van der Waals surface area (Å²) in [5.74, 6) is 0.0332. The van der Waals surface area contributed by atoms with Gasteiger partial charge in [0.05, 0.1) is 11.3 Å². The van der Waals surface area contributed by atoms with Crippen molar-refractivity contribution >= 4 is 23.2 Å². The summed E-state index contributed by atoms with van der Waals surface area (Å²) in [6, 6.07) is 14.4. The van der Waals surface area contributed by atoms with Crippen LogP contribution in [0.2, 0.25) is 5.02 Å². The predicted octanol–water partition coefficient (Wildman–Crippen LogP) is 2.69. The van der Waals surface area contributed by atoms with E-state index in [9.17, 15) is 4.79 Å². The number of hydrogen-bond donors (Lipinski definition) is 2. The molecule has 112 valence electrons. The van der Waals surface area contributed by atoms with E-state index in [0.29, 0.717) is 28.6 Å². The molecule has 0 fully saturated rings. The number of carbonyl (C=O) groups excluding carboxylic acids is 1. The topological polar surface area (TPSA) is 88.1 Å². The highest BCUT2D eigenvalue weighted by Gasteiger charge is 2.04. The predicted molar refractivity (Wildman–Crippen MR) is 84.6 cm³/mol. The highest BCUT2D eigenvalue weighted by atomic mass is 35.5. The maximum Gasteiger partial charge on any atom is 0.255 e. The van der Waals surface area contributed by atoms with Crippen LogP contribution >= 0.6 is 11.6 Å². The van der Waals surface area contributed by atoms with Crippen molar-refractivity contribution in [2.45, 2.75) is 6.54 Å². The molecule has 0 unspecified atom stereocenters. The van der Waals surface area contributed by atoms with Crippen molar-refractivity contribution in [2.75, 3.05) is 11.9 Å². The number of nitrogens with two attached hydrogens (primary N) is 1. The van der Waals surface area contributed by atoms with E-state index in [0.717, 1.165) is 5.56 Å². The maximum absolute atomic E-state index is 10.7. The Balaban J connectivity index is 2.06. The molecule has 0 atom stereocenters. The Morgan fingerprint density at radius 1 is 1.32 bits per heavy atom. The van der Waals surface area contributed by atoms with Crippen LogP contribution < -0.4 is 15.8 Å². The van der Waals surface area contributed by atoms with Crippen molar-refractivity contribution in [3.63, 3.8) is 0 Å². The molecule has 0 aliphatic rings. The Morgan fingerprint density at radius 3 is 2.86 bits per heavy atom. The Labute approximate surface area is 133 Å². The number of ether oxygens (including phenoxy) is 1. The minimum atomic E-state index is -0.527. The smallest absolute Gasteiger partial charge is 0.255 e. The SMILES string of the molecule is N#Cc1ccc(Cl)cc1NCc1cccc(OCC(N)=O)c1. The maximum atomic E-state index is 10.7. The molecule has 0 aliphatic carbocycles. The number of nitrogens with one attached hydrogen (secondary N) is 1. The largest absolute Gasteiger partial charge is 0.484 e. The Morgan fingerprint density at radius 2 is 2.14 bits per heavy atom. The minimum Gasteiger partial charge on any atom is -0.484 e. The van der Waals surface area contributed by atoms with Gasteiger partial charge in [0, 0.05) is 11.6 Å². The van der Waals surface area contributed by atoms with Crippen molar-refractivity contribution in [1.29, 1.82) is 5.26 Å². The van der Waals surface area contributed by atoms with Gasteiger partial charge < -0.3 is 15.8 Å². The summed E-state index contributed by atoms with van der Waals surface area (Å²) in [7, 11) is 0. The molecule has 0 radical (unpaired) electrons. The number of nitriles is 1. The first-order valence-corrected chi connectivity index (χ1v) is 6.90. The first kappa shape index (κ1) is 15.7. The van der Waals surface area contributed by atoms with E-state index in [1.807, 2.05) is 12.1 Å². The van der Waals surface area contributed by atoms with Gasteiger partial charge in [-0.25, -0.2) is 0 Å². The first-order chi connectivity index (χ1) is 10.6. The summed E-state index contributed by atoms with van der Waals surface area (Å²) in [6.07, 6.45) is 0. The number of hydrogen-bond acceptors (Lipinski definition) is 4. The van der Waals surface area contributed by atoms with E-state index < -0.39 is 5.91 Å². The van der Waals surface area contributed by atoms with Gasteiger partial charge in [-0.1, -0.05) is 23.7 Å². The second-order valence-corrected chi connectivity index (χ2v) is 4.99. The second-order valence-electron chi connectivity index (χ2n) is 4.56. The molecule has 0 bridgehead atoms. The lowest BCUT2D eigenvalue weighted by Crippen LogP contribution is -2.20. The lowest BCUT2D eigenvalue weighted by molar-refractivity contribution is -0.119. The van der Waals surface area contributed by atoms with Gasteiger partial charge in [0.25, 0.3) is 5.91 Å². The van der Waals surface area contributed by atoms with Gasteiger partial charge >= 0.3 is 0 Å². The molecule has 6 heteroatoms. The lowest BCUT2D eigenvalue weighted by Gasteiger charge is -2.10. The molecule has 2 aromatic rings. The van der Waals surface area contributed by atoms with Crippen LogP contribution in [-0.4, -0.2) is 12.5 Å². The number of amides is 1. The van der Waals surface area contributed by atoms with Crippen LogP contribution in [0.1, 0.15) is 11.1 Å². The standard InChI is InChI=1S/C16H14ClN3O2/c17-13-5-4-12(8-18)15(7-13)20-9-11-2-1-3-14(6-11)22-10-16(19)21/h1-7,20H,9-10H2,(H2,19,21). The summed E-state index contributed by atoms with van der Waals surface area (Å²) < 4.78 is 5.25. The Kier molecular flexibility index (Phi) is 5.23. The fourth-order valence-electron chi connectivity index (χ4n) is 1.86. The van der Waals surface area contributed by atoms with Crippen LogP contribution in [0.25, 0.3) is 0 Å². The number of primary amides is 1. The summed E-state index contributed by atoms with van der Waals surface area (Å²) in [6.45, 7) is 0.326. The van der Waals surface area contributed by atoms with Crippen LogP contribution in [0.15, 0.2) is 42.5 Å². The average molecular weight is 316 g/mol. The van der Waals surface area contributed by atoms with Crippen molar-refractivity contribution in [3.05, 3.63) is 58.6 Å². The van der Waals surface area contributed by atoms with Crippen molar-refractivity contribution < 1.29 is 9.53 Å². The van der Waals surface area contributed by atoms with Gasteiger partial charge in [0.2, 0.25) is 0 Å². The summed E-state index contributed by atoms with van der Waals surface area (Å²) in [5.41, 5.74) is 7.16. The van der Waals surface area contributed by atoms with Crippen LogP contribution in [0.5, 0.6) is 5.75 Å². The molecule has 22 heavy (non-hydrogen) atoms. The number of anilines is 1. The third-order valence-corrected chi connectivity index (χ3v) is 3.10. The number of rotatable bonds is 6. The van der Waals surface area contributed by atoms with Gasteiger partial charge in [-0.15, -0.1) is 0 Å². The van der Waals surface area contributed by atoms with Gasteiger partial charge in [0.15, 0.2) is 6.61 Å². The fourth-order valence-corrected chi connectivity index (χ4v) is 2.03. The zero-order valence-electron chi connectivity index (χ0n) is 11.7. The summed E-state index contributed by atoms with van der Waals surface area (Å²) in [5, 5.41) is 12.8. The Hall–Kier alpha value is -2.71. The van der Waals surface area contributed by atoms with Gasteiger partial charge in [-0.3, -0.25) is 4.79 Å².